The van der Waals surface area contributed by atoms with Gasteiger partial charge >= 0.3 is 6.03 Å². The smallest absolute Gasteiger partial charge is 0.315 e. The van der Waals surface area contributed by atoms with Crippen LogP contribution in [0.15, 0.2) is 5.38 Å². The number of nitrogens with one attached hydrogen (secondary N) is 2. The summed E-state index contributed by atoms with van der Waals surface area (Å²) in [6.45, 7) is 6.09. The zero-order valence-corrected chi connectivity index (χ0v) is 13.8. The SMILES string of the molecule is CCC(O)(CC)CNC(=O)NC(c1nc(C)cs1)C1CC1. The molecule has 0 saturated heterocycles. The highest BCUT2D eigenvalue weighted by Crippen LogP contribution is 2.41. The zero-order chi connectivity index (χ0) is 15.5. The molecule has 6 heteroatoms. The monoisotopic (exact) mass is 311 g/mol. The Morgan fingerprint density at radius 2 is 2.19 bits per heavy atom. The van der Waals surface area contributed by atoms with Gasteiger partial charge in [0, 0.05) is 17.6 Å². The van der Waals surface area contributed by atoms with Gasteiger partial charge in [0.05, 0.1) is 11.6 Å². The van der Waals surface area contributed by atoms with Gasteiger partial charge in [0.1, 0.15) is 5.01 Å². The molecule has 118 valence electrons. The van der Waals surface area contributed by atoms with Crippen molar-refractivity contribution in [2.45, 2.75) is 58.1 Å². The molecule has 1 fully saturated rings. The van der Waals surface area contributed by atoms with Crippen molar-refractivity contribution < 1.29 is 9.90 Å². The van der Waals surface area contributed by atoms with E-state index in [0.717, 1.165) is 23.5 Å². The van der Waals surface area contributed by atoms with Crippen molar-refractivity contribution in [3.63, 3.8) is 0 Å². The Balaban J connectivity index is 1.90. The molecule has 0 aliphatic heterocycles. The van der Waals surface area contributed by atoms with Gasteiger partial charge in [-0.2, -0.15) is 0 Å². The van der Waals surface area contributed by atoms with Crippen LogP contribution in [0.4, 0.5) is 4.79 Å². The van der Waals surface area contributed by atoms with E-state index in [2.05, 4.69) is 15.6 Å². The van der Waals surface area contributed by atoms with Crippen LogP contribution in [0.25, 0.3) is 0 Å². The summed E-state index contributed by atoms with van der Waals surface area (Å²) in [5, 5.41) is 19.0. The predicted molar refractivity (Wildman–Crippen MR) is 84.4 cm³/mol. The largest absolute Gasteiger partial charge is 0.388 e. The molecular weight excluding hydrogens is 286 g/mol. The molecule has 0 radical (unpaired) electrons. The molecule has 5 nitrogen and oxygen atoms in total. The highest BCUT2D eigenvalue weighted by atomic mass is 32.1. The Hall–Kier alpha value is -1.14. The fourth-order valence-electron chi connectivity index (χ4n) is 2.26. The van der Waals surface area contributed by atoms with Gasteiger partial charge in [-0.3, -0.25) is 0 Å². The Labute approximate surface area is 130 Å². The second kappa shape index (κ2) is 6.75. The third-order valence-corrected chi connectivity index (χ3v) is 5.22. The van der Waals surface area contributed by atoms with E-state index in [-0.39, 0.29) is 18.6 Å². The molecule has 1 unspecified atom stereocenters. The normalized spacial score (nSPS) is 16.6. The molecule has 1 heterocycles. The first-order valence-electron chi connectivity index (χ1n) is 7.66. The summed E-state index contributed by atoms with van der Waals surface area (Å²) in [4.78, 5) is 16.6. The van der Waals surface area contributed by atoms with Crippen LogP contribution in [0.2, 0.25) is 0 Å². The number of aryl methyl sites for hydroxylation is 1. The third kappa shape index (κ3) is 4.41. The summed E-state index contributed by atoms with van der Waals surface area (Å²) in [6.07, 6.45) is 3.53. The second-order valence-electron chi connectivity index (χ2n) is 5.90. The number of hydrogen-bond acceptors (Lipinski definition) is 4. The number of nitrogens with zero attached hydrogens (tertiary/aromatic N) is 1. The first-order valence-corrected chi connectivity index (χ1v) is 8.54. The van der Waals surface area contributed by atoms with Gasteiger partial charge in [-0.05, 0) is 38.5 Å². The van der Waals surface area contributed by atoms with Crippen LogP contribution in [0.5, 0.6) is 0 Å². The lowest BCUT2D eigenvalue weighted by Gasteiger charge is -2.26. The molecule has 0 bridgehead atoms. The van der Waals surface area contributed by atoms with E-state index in [1.807, 2.05) is 26.2 Å². The van der Waals surface area contributed by atoms with Crippen molar-refractivity contribution >= 4 is 17.4 Å². The quantitative estimate of drug-likeness (QED) is 0.725. The topological polar surface area (TPSA) is 74.2 Å². The molecule has 0 spiro atoms. The molecule has 1 aromatic rings. The molecule has 0 aromatic carbocycles. The van der Waals surface area contributed by atoms with Crippen molar-refractivity contribution in [3.05, 3.63) is 16.1 Å². The van der Waals surface area contributed by atoms with E-state index in [4.69, 9.17) is 0 Å². The van der Waals surface area contributed by atoms with E-state index in [1.165, 1.54) is 0 Å². The van der Waals surface area contributed by atoms with E-state index in [1.54, 1.807) is 11.3 Å². The van der Waals surface area contributed by atoms with Crippen LogP contribution in [0.1, 0.15) is 56.3 Å². The molecule has 1 atom stereocenters. The van der Waals surface area contributed by atoms with Gasteiger partial charge in [-0.25, -0.2) is 9.78 Å². The fraction of sp³-hybridized carbons (Fsp3) is 0.733. The summed E-state index contributed by atoms with van der Waals surface area (Å²) >= 11 is 1.60. The Morgan fingerprint density at radius 1 is 1.52 bits per heavy atom. The minimum Gasteiger partial charge on any atom is -0.388 e. The summed E-state index contributed by atoms with van der Waals surface area (Å²) < 4.78 is 0. The third-order valence-electron chi connectivity index (χ3n) is 4.18. The summed E-state index contributed by atoms with van der Waals surface area (Å²) in [7, 11) is 0. The lowest BCUT2D eigenvalue weighted by molar-refractivity contribution is 0.0348. The summed E-state index contributed by atoms with van der Waals surface area (Å²) in [6, 6.07) is -0.222. The van der Waals surface area contributed by atoms with Crippen molar-refractivity contribution in [2.75, 3.05) is 6.54 Å². The van der Waals surface area contributed by atoms with Crippen molar-refractivity contribution in [1.82, 2.24) is 15.6 Å². The average Bonchev–Trinajstić information content (AvgIpc) is 3.23. The van der Waals surface area contributed by atoms with Gasteiger partial charge < -0.3 is 15.7 Å². The van der Waals surface area contributed by atoms with E-state index < -0.39 is 5.60 Å². The van der Waals surface area contributed by atoms with Gasteiger partial charge in [0.2, 0.25) is 0 Å². The number of aliphatic hydroxyl groups is 1. The van der Waals surface area contributed by atoms with Crippen molar-refractivity contribution in [1.29, 1.82) is 0 Å². The second-order valence-corrected chi connectivity index (χ2v) is 6.79. The number of aromatic nitrogens is 1. The van der Waals surface area contributed by atoms with Crippen LogP contribution in [-0.4, -0.2) is 28.3 Å². The van der Waals surface area contributed by atoms with Gasteiger partial charge in [-0.1, -0.05) is 13.8 Å². The molecule has 3 N–H and O–H groups in total. The first-order chi connectivity index (χ1) is 9.97. The Kier molecular flexibility index (Phi) is 5.22. The highest BCUT2D eigenvalue weighted by molar-refractivity contribution is 7.09. The first kappa shape index (κ1) is 16.2. The molecule has 2 rings (SSSR count). The molecule has 2 amide bonds. The standard InChI is InChI=1S/C15H25N3O2S/c1-4-15(20,5-2)9-16-14(19)18-12(11-6-7-11)13-17-10(3)8-21-13/h8,11-12,20H,4-7,9H2,1-3H3,(H2,16,18,19). The predicted octanol–water partition coefficient (Wildman–Crippen LogP) is 2.75. The summed E-state index contributed by atoms with van der Waals surface area (Å²) in [5.41, 5.74) is 0.179. The van der Waals surface area contributed by atoms with Crippen LogP contribution in [0.3, 0.4) is 0 Å². The van der Waals surface area contributed by atoms with Crippen LogP contribution in [-0.2, 0) is 0 Å². The lowest BCUT2D eigenvalue weighted by Crippen LogP contribution is -2.46. The average molecular weight is 311 g/mol. The number of urea groups is 1. The number of hydrogen-bond donors (Lipinski definition) is 3. The Bertz CT molecular complexity index is 481. The molecule has 21 heavy (non-hydrogen) atoms. The van der Waals surface area contributed by atoms with Gasteiger partial charge in [0.15, 0.2) is 0 Å². The molecule has 1 saturated carbocycles. The number of thiazole rings is 1. The highest BCUT2D eigenvalue weighted by Gasteiger charge is 2.35. The minimum atomic E-state index is -0.815. The maximum atomic E-state index is 12.1. The minimum absolute atomic E-state index is 0.0000425. The van der Waals surface area contributed by atoms with Crippen LogP contribution < -0.4 is 10.6 Å². The lowest BCUT2D eigenvalue weighted by atomic mass is 9.98. The van der Waals surface area contributed by atoms with Gasteiger partial charge in [-0.15, -0.1) is 11.3 Å². The number of amides is 2. The van der Waals surface area contributed by atoms with Crippen LogP contribution in [0, 0.1) is 12.8 Å². The van der Waals surface area contributed by atoms with Crippen molar-refractivity contribution in [2.24, 2.45) is 5.92 Å². The zero-order valence-electron chi connectivity index (χ0n) is 13.0. The molecule has 1 aromatic heterocycles. The Morgan fingerprint density at radius 3 is 2.67 bits per heavy atom. The van der Waals surface area contributed by atoms with Gasteiger partial charge in [0.25, 0.3) is 0 Å². The van der Waals surface area contributed by atoms with Crippen LogP contribution >= 0.6 is 11.3 Å². The van der Waals surface area contributed by atoms with Crippen molar-refractivity contribution in [3.8, 4) is 0 Å². The molecule has 1 aliphatic rings. The number of carbonyl (C=O) groups excluding carboxylic acids is 1. The fourth-order valence-corrected chi connectivity index (χ4v) is 3.20. The maximum absolute atomic E-state index is 12.1. The van der Waals surface area contributed by atoms with E-state index >= 15 is 0 Å². The maximum Gasteiger partial charge on any atom is 0.315 e. The number of rotatable bonds is 7. The van der Waals surface area contributed by atoms with E-state index in [0.29, 0.717) is 18.8 Å². The summed E-state index contributed by atoms with van der Waals surface area (Å²) in [5.74, 6) is 0.498. The molecule has 1 aliphatic carbocycles. The molecular formula is C15H25N3O2S. The van der Waals surface area contributed by atoms with E-state index in [9.17, 15) is 9.90 Å². The number of carbonyl (C=O) groups is 1.